The molecule has 0 amide bonds. The molecule has 0 radical (unpaired) electrons. The summed E-state index contributed by atoms with van der Waals surface area (Å²) < 4.78 is 66.3. The predicted octanol–water partition coefficient (Wildman–Crippen LogP) is 1.94. The lowest BCUT2D eigenvalue weighted by Gasteiger charge is -2.08. The zero-order valence-electron chi connectivity index (χ0n) is 12.5. The Morgan fingerprint density at radius 2 is 1.80 bits per heavy atom. The maximum Gasteiger partial charge on any atom is 0.485 e. The molecule has 11 heteroatoms. The average Bonchev–Trinajstić information content (AvgIpc) is 3.05. The summed E-state index contributed by atoms with van der Waals surface area (Å²) in [6, 6.07) is 14.3. The molecule has 1 N–H and O–H groups in total. The number of benzene rings is 2. The molecule has 0 aliphatic rings. The van der Waals surface area contributed by atoms with E-state index >= 15 is 0 Å². The molecular weight excluding hydrogens is 363 g/mol. The zero-order valence-corrected chi connectivity index (χ0v) is 13.3. The van der Waals surface area contributed by atoms with Gasteiger partial charge in [-0.25, -0.2) is 8.42 Å². The molecule has 0 fully saturated rings. The second-order valence-electron chi connectivity index (χ2n) is 4.68. The van der Waals surface area contributed by atoms with Crippen LogP contribution in [0.25, 0.3) is 10.8 Å². The van der Waals surface area contributed by atoms with E-state index in [0.717, 1.165) is 5.75 Å². The molecular formula is C14H12F3N3O4S. The Labute approximate surface area is 140 Å². The van der Waals surface area contributed by atoms with Gasteiger partial charge in [0.1, 0.15) is 5.75 Å². The number of nitrogens with zero attached hydrogens (tertiary/aromatic N) is 2. The highest BCUT2D eigenvalue weighted by Gasteiger charge is 2.36. The van der Waals surface area contributed by atoms with Crippen LogP contribution in [0.2, 0.25) is 0 Å². The lowest BCUT2D eigenvalue weighted by Crippen LogP contribution is -2.37. The highest BCUT2D eigenvalue weighted by molar-refractivity contribution is 7.86. The van der Waals surface area contributed by atoms with Gasteiger partial charge in [-0.15, -0.1) is 4.68 Å². The molecule has 0 saturated carbocycles. The van der Waals surface area contributed by atoms with E-state index in [1.54, 1.807) is 10.9 Å². The minimum Gasteiger partial charge on any atom is -0.741 e. The van der Waals surface area contributed by atoms with Gasteiger partial charge in [-0.1, -0.05) is 35.5 Å². The van der Waals surface area contributed by atoms with Crippen molar-refractivity contribution < 1.29 is 35.6 Å². The molecule has 1 aromatic heterocycles. The van der Waals surface area contributed by atoms with Crippen LogP contribution in [0.5, 0.6) is 5.75 Å². The highest BCUT2D eigenvalue weighted by Crippen LogP contribution is 2.21. The van der Waals surface area contributed by atoms with Crippen molar-refractivity contribution in [3.05, 3.63) is 54.9 Å². The Balaban J connectivity index is 0.000000242. The molecule has 0 saturated heterocycles. The number of H-pyrrole nitrogens is 1. The molecule has 0 unspecified atom stereocenters. The summed E-state index contributed by atoms with van der Waals surface area (Å²) in [5.41, 5.74) is -5.65. The van der Waals surface area contributed by atoms with E-state index in [-0.39, 0.29) is 0 Å². The summed E-state index contributed by atoms with van der Waals surface area (Å²) in [6.07, 6.45) is 3.50. The summed E-state index contributed by atoms with van der Waals surface area (Å²) in [6.45, 7) is 0.429. The van der Waals surface area contributed by atoms with Crippen molar-refractivity contribution in [2.24, 2.45) is 0 Å². The molecule has 0 aliphatic heterocycles. The number of rotatable bonds is 3. The lowest BCUT2D eigenvalue weighted by atomic mass is 10.1. The van der Waals surface area contributed by atoms with Crippen LogP contribution in [-0.2, 0) is 16.8 Å². The second-order valence-corrected chi connectivity index (χ2v) is 6.05. The maximum absolute atomic E-state index is 10.7. The molecule has 1 heterocycles. The molecule has 25 heavy (non-hydrogen) atoms. The summed E-state index contributed by atoms with van der Waals surface area (Å²) in [5, 5.41) is 9.03. The first-order valence-corrected chi connectivity index (χ1v) is 8.10. The fraction of sp³-hybridized carbons (Fsp3) is 0.143. The fourth-order valence-electron chi connectivity index (χ4n) is 1.73. The smallest absolute Gasteiger partial charge is 0.485 e. The molecule has 0 bridgehead atoms. The Bertz CT molecular complexity index is 928. The zero-order chi connectivity index (χ0) is 18.5. The van der Waals surface area contributed by atoms with Gasteiger partial charge in [0.15, 0.2) is 16.3 Å². The summed E-state index contributed by atoms with van der Waals surface area (Å²) in [4.78, 5) is 0. The molecule has 0 aliphatic carbocycles. The van der Waals surface area contributed by atoms with Crippen LogP contribution in [0, 0.1) is 0 Å². The molecule has 3 rings (SSSR count). The summed E-state index contributed by atoms with van der Waals surface area (Å²) in [7, 11) is -6.09. The molecule has 134 valence electrons. The Hall–Kier alpha value is -2.66. The Morgan fingerprint density at radius 3 is 2.36 bits per heavy atom. The maximum atomic E-state index is 10.7. The minimum atomic E-state index is -6.09. The van der Waals surface area contributed by atoms with Crippen LogP contribution in [0.4, 0.5) is 13.2 Å². The van der Waals surface area contributed by atoms with Crippen molar-refractivity contribution in [1.82, 2.24) is 10.3 Å². The van der Waals surface area contributed by atoms with Crippen LogP contribution in [-0.4, -0.2) is 28.8 Å². The Kier molecular flexibility index (Phi) is 5.59. The van der Waals surface area contributed by atoms with E-state index in [4.69, 9.17) is 17.7 Å². The van der Waals surface area contributed by atoms with Crippen molar-refractivity contribution >= 4 is 20.9 Å². The number of fused-ring (bicyclic) bond motifs is 1. The number of ether oxygens (including phenoxy) is 1. The van der Waals surface area contributed by atoms with Crippen molar-refractivity contribution in [2.45, 2.75) is 12.2 Å². The topological polar surface area (TPSA) is 99.0 Å². The van der Waals surface area contributed by atoms with E-state index < -0.39 is 15.6 Å². The minimum absolute atomic E-state index is 0.429. The van der Waals surface area contributed by atoms with Crippen molar-refractivity contribution in [3.8, 4) is 5.75 Å². The quantitative estimate of drug-likeness (QED) is 0.428. The van der Waals surface area contributed by atoms with Crippen LogP contribution < -0.4 is 9.42 Å². The predicted molar refractivity (Wildman–Crippen MR) is 79.1 cm³/mol. The van der Waals surface area contributed by atoms with E-state index in [0.29, 0.717) is 6.73 Å². The van der Waals surface area contributed by atoms with Crippen LogP contribution in [0.15, 0.2) is 54.9 Å². The van der Waals surface area contributed by atoms with Crippen molar-refractivity contribution in [1.29, 1.82) is 0 Å². The van der Waals surface area contributed by atoms with Gasteiger partial charge in [0.2, 0.25) is 6.20 Å². The van der Waals surface area contributed by atoms with Crippen molar-refractivity contribution in [2.75, 3.05) is 0 Å². The van der Waals surface area contributed by atoms with Crippen LogP contribution in [0.1, 0.15) is 0 Å². The average molecular weight is 375 g/mol. The molecule has 2 aromatic carbocycles. The van der Waals surface area contributed by atoms with Gasteiger partial charge in [0, 0.05) is 5.10 Å². The molecule has 7 nitrogen and oxygen atoms in total. The summed E-state index contributed by atoms with van der Waals surface area (Å²) in [5.74, 6) is 0.853. The van der Waals surface area contributed by atoms with Crippen molar-refractivity contribution in [3.63, 3.8) is 0 Å². The number of hydrogen-bond donors (Lipinski definition) is 1. The normalized spacial score (nSPS) is 11.7. The van der Waals surface area contributed by atoms with Gasteiger partial charge < -0.3 is 9.29 Å². The van der Waals surface area contributed by atoms with Crippen LogP contribution >= 0.6 is 0 Å². The number of aromatic amines is 1. The number of aromatic nitrogens is 3. The fourth-order valence-corrected chi connectivity index (χ4v) is 1.73. The van der Waals surface area contributed by atoms with Gasteiger partial charge in [0.05, 0.1) is 0 Å². The monoisotopic (exact) mass is 375 g/mol. The first-order valence-electron chi connectivity index (χ1n) is 6.69. The third-order valence-electron chi connectivity index (χ3n) is 2.88. The second kappa shape index (κ2) is 7.49. The van der Waals surface area contributed by atoms with Gasteiger partial charge in [0.25, 0.3) is 6.73 Å². The van der Waals surface area contributed by atoms with Crippen LogP contribution in [0.3, 0.4) is 0 Å². The van der Waals surface area contributed by atoms with E-state index in [1.807, 2.05) is 30.5 Å². The number of alkyl halides is 3. The lowest BCUT2D eigenvalue weighted by molar-refractivity contribution is -0.777. The third kappa shape index (κ3) is 5.43. The first kappa shape index (κ1) is 18.7. The molecule has 0 atom stereocenters. The SMILES string of the molecule is O=S(=O)([O-])C(F)(F)F.c1ccc2cc(OC[n+]3ccn[nH]3)ccc2c1. The molecule has 3 aromatic rings. The van der Waals surface area contributed by atoms with Gasteiger partial charge in [-0.3, -0.25) is 0 Å². The first-order chi connectivity index (χ1) is 11.7. The molecule has 0 spiro atoms. The van der Waals surface area contributed by atoms with Gasteiger partial charge >= 0.3 is 5.51 Å². The van der Waals surface area contributed by atoms with E-state index in [2.05, 4.69) is 28.5 Å². The summed E-state index contributed by atoms with van der Waals surface area (Å²) >= 11 is 0. The number of nitrogens with one attached hydrogen (secondary N) is 1. The van der Waals surface area contributed by atoms with Gasteiger partial charge in [-0.2, -0.15) is 13.2 Å². The third-order valence-corrected chi connectivity index (χ3v) is 3.45. The van der Waals surface area contributed by atoms with E-state index in [9.17, 15) is 13.2 Å². The van der Waals surface area contributed by atoms with Gasteiger partial charge in [-0.05, 0) is 22.9 Å². The standard InChI is InChI=1S/C13H11N3O.CHF3O3S/c1-2-4-12-9-13(6-5-11(12)3-1)17-10-16-8-7-14-15-16;2-1(3,4)8(5,6)7/h1-9H,10H2;(H,5,6,7). The number of hydrogen-bond acceptors (Lipinski definition) is 5. The van der Waals surface area contributed by atoms with E-state index in [1.165, 1.54) is 10.8 Å². The highest BCUT2D eigenvalue weighted by atomic mass is 32.2. The Morgan fingerprint density at radius 1 is 1.16 bits per heavy atom. The number of halogens is 3. The largest absolute Gasteiger partial charge is 0.741 e.